The maximum atomic E-state index is 14.2. The number of aliphatic hydroxyl groups excluding tert-OH is 10. The molecule has 24 N–H and O–H groups in total. The lowest BCUT2D eigenvalue weighted by atomic mass is 9.99. The van der Waals surface area contributed by atoms with Crippen LogP contribution in [0.5, 0.6) is 0 Å². The summed E-state index contributed by atoms with van der Waals surface area (Å²) in [6.07, 6.45) is -10.2. The van der Waals surface area contributed by atoms with E-state index in [1.807, 2.05) is 0 Å². The number of H-pyrrole nitrogens is 4. The van der Waals surface area contributed by atoms with Gasteiger partial charge in [-0.1, -0.05) is 129 Å². The van der Waals surface area contributed by atoms with Crippen LogP contribution in [0.25, 0.3) is 55.6 Å². The van der Waals surface area contributed by atoms with Crippen LogP contribution in [-0.4, -0.2) is 291 Å². The number of ether oxygens (including phenoxy) is 5. The average molecular weight is 1800 g/mol. The molecular weight excluding hydrogens is 1740 g/mol. The summed E-state index contributed by atoms with van der Waals surface area (Å²) in [5.41, 5.74) is 27.4. The molecule has 5 aliphatic rings. The van der Waals surface area contributed by atoms with Gasteiger partial charge >= 0.3 is 0 Å². The quantitative estimate of drug-likeness (QED) is 0.0303. The number of alkyl halides is 10. The van der Waals surface area contributed by atoms with Gasteiger partial charge in [-0.3, -0.25) is 47.6 Å². The molecule has 0 radical (unpaired) electrons. The molecule has 0 bridgehead atoms. The van der Waals surface area contributed by atoms with Crippen LogP contribution in [0.3, 0.4) is 0 Å². The van der Waals surface area contributed by atoms with Gasteiger partial charge in [0.1, 0.15) is 116 Å². The minimum absolute atomic E-state index is 0.0199. The Morgan fingerprint density at radius 1 is 0.442 bits per heavy atom. The molecule has 10 aromatic heterocycles. The normalized spacial score (nSPS) is 29.6. The number of fused-ring (bicyclic) bond motifs is 5. The van der Waals surface area contributed by atoms with Crippen molar-refractivity contribution in [2.45, 2.75) is 117 Å². The Balaban J connectivity index is 0.000000147. The van der Waals surface area contributed by atoms with E-state index in [1.54, 1.807) is 0 Å². The minimum Gasteiger partial charge on any atom is -0.394 e. The smallest absolute Gasteiger partial charge is 0.280 e. The van der Waals surface area contributed by atoms with Gasteiger partial charge in [0.15, 0.2) is 100 Å². The van der Waals surface area contributed by atoms with E-state index in [-0.39, 0.29) is 62.2 Å². The number of hydrogen-bond acceptors (Lipinski definition) is 33. The van der Waals surface area contributed by atoms with Crippen molar-refractivity contribution in [3.8, 4) is 59.2 Å². The van der Waals surface area contributed by atoms with Gasteiger partial charge in [0.2, 0.25) is 23.8 Å². The van der Waals surface area contributed by atoms with Gasteiger partial charge in [0.05, 0.1) is 63.6 Å². The molecule has 5 fully saturated rings. The number of rotatable bonds is 10. The van der Waals surface area contributed by atoms with Crippen molar-refractivity contribution in [3.05, 3.63) is 85.2 Å². The predicted octanol–water partition coefficient (Wildman–Crippen LogP) is -2.06. The summed E-state index contributed by atoms with van der Waals surface area (Å²) in [6.45, 7) is -7.49. The second kappa shape index (κ2) is 37.0. The van der Waals surface area contributed by atoms with Crippen LogP contribution in [-0.2, 0) is 23.7 Å². The highest BCUT2D eigenvalue weighted by Gasteiger charge is 2.61. The summed E-state index contributed by atoms with van der Waals surface area (Å²) in [5.74, 6) is 21.6. The van der Waals surface area contributed by atoms with Crippen molar-refractivity contribution in [1.82, 2.24) is 87.6 Å². The van der Waals surface area contributed by atoms with E-state index in [9.17, 15) is 91.8 Å². The third kappa shape index (κ3) is 16.9. The van der Waals surface area contributed by atoms with E-state index >= 15 is 0 Å². The minimum atomic E-state index is -1.91. The highest BCUT2D eigenvalue weighted by atomic mass is 35.5. The van der Waals surface area contributed by atoms with Crippen molar-refractivity contribution in [3.63, 3.8) is 0 Å². The van der Waals surface area contributed by atoms with Crippen LogP contribution in [0.2, 0.25) is 0 Å². The lowest BCUT2D eigenvalue weighted by Crippen LogP contribution is -2.41. The number of aromatic amines is 4. The fourth-order valence-corrected chi connectivity index (χ4v) is 15.2. The Labute approximate surface area is 696 Å². The number of nitrogens with two attached hydrogens (primary N) is 5. The van der Waals surface area contributed by atoms with Gasteiger partial charge in [-0.15, -0.1) is 0 Å². The Morgan fingerprint density at radius 2 is 0.800 bits per heavy atom. The molecule has 5 aliphatic heterocycles. The number of hydrogen-bond donors (Lipinski definition) is 19. The first-order valence-electron chi connectivity index (χ1n) is 34.4. The maximum absolute atomic E-state index is 14.2. The van der Waals surface area contributed by atoms with E-state index in [0.717, 1.165) is 10.8 Å². The molecule has 5 saturated heterocycles. The van der Waals surface area contributed by atoms with Gasteiger partial charge in [-0.2, -0.15) is 19.9 Å². The maximum Gasteiger partial charge on any atom is 0.280 e. The lowest BCUT2D eigenvalue weighted by molar-refractivity contribution is -0.0436. The Hall–Kier alpha value is -10.3. The van der Waals surface area contributed by atoms with Gasteiger partial charge in [0, 0.05) is 12.4 Å². The highest BCUT2D eigenvalue weighted by molar-refractivity contribution is 7.71. The number of nitrogens with one attached hydrogen (secondary N) is 4. The number of aliphatic hydroxyl groups is 10. The Kier molecular flexibility index (Phi) is 27.9. The molecule has 15 rings (SSSR count). The van der Waals surface area contributed by atoms with Crippen LogP contribution in [0.1, 0.15) is 31.1 Å². The molecular formula is C67H66Cl5F6N23O18S. The van der Waals surface area contributed by atoms with E-state index in [1.165, 1.54) is 55.7 Å². The number of aromatic nitrogens is 18. The topological polar surface area (TPSA) is 634 Å². The molecule has 20 atom stereocenters. The molecule has 41 nitrogen and oxygen atoms in total. The number of halogens is 11. The average Bonchev–Trinajstić information content (AvgIpc) is 1.63. The summed E-state index contributed by atoms with van der Waals surface area (Å²) in [4.78, 5) is 72.3. The van der Waals surface area contributed by atoms with Gasteiger partial charge in [-0.25, -0.2) is 51.3 Å². The zero-order chi connectivity index (χ0) is 87.4. The van der Waals surface area contributed by atoms with E-state index in [0.29, 0.717) is 22.3 Å². The molecule has 0 aliphatic carbocycles. The number of imidazole rings is 3. The molecule has 120 heavy (non-hydrogen) atoms. The van der Waals surface area contributed by atoms with Crippen LogP contribution in [0, 0.1) is 69.7 Å². The highest BCUT2D eigenvalue weighted by Crippen LogP contribution is 2.49. The Bertz CT molecular complexity index is 5730. The fourth-order valence-electron chi connectivity index (χ4n) is 13.2. The predicted molar refractivity (Wildman–Crippen MR) is 416 cm³/mol. The van der Waals surface area contributed by atoms with Crippen molar-refractivity contribution in [1.29, 1.82) is 0 Å². The summed E-state index contributed by atoms with van der Waals surface area (Å²) in [5, 5.41) is 98.1. The first kappa shape index (κ1) is 90.5. The Morgan fingerprint density at radius 3 is 1.24 bits per heavy atom. The first-order chi connectivity index (χ1) is 57.1. The van der Waals surface area contributed by atoms with Crippen molar-refractivity contribution < 1.29 is 101 Å². The van der Waals surface area contributed by atoms with Crippen LogP contribution >= 0.6 is 70.2 Å². The van der Waals surface area contributed by atoms with E-state index < -0.39 is 211 Å². The zero-order valence-electron chi connectivity index (χ0n) is 60.7. The molecule has 15 heterocycles. The van der Waals surface area contributed by atoms with Crippen molar-refractivity contribution in [2.75, 3.05) is 95.1 Å². The molecule has 640 valence electrons. The molecule has 10 aromatic rings. The SMILES string of the molecule is Nc1nc(=S)c2ncn([C@@H]3O[C@H](CO)[C@H](O)C3(Cl)C#CCF)c2[nH]1.Nc1nc2c(c(F)cn2[C@@H]2O[C@H](CO)[C@H](O)C2(Cl)C#CCF)c(=O)[nH]1.Nc1nc2c(ccn2[C@@H]2O[C@H](CO)[C@H](O)C2(Cl)C#CCF)c(=O)[nH]1.Nc1nc2c(ncn2[C@@H]2O[C@H](CO)[C@H](O)C2(Cl)C#CCF)c(=O)[nH]1.Nc1ncc2ncn([C@@H]3O[C@H](CO)[C@H](O)C3(Cl)C#CCF)c2n1. The van der Waals surface area contributed by atoms with Crippen LogP contribution < -0.4 is 45.3 Å². The molecule has 53 heteroatoms. The third-order valence-corrected chi connectivity index (χ3v) is 21.4. The van der Waals surface area contributed by atoms with Gasteiger partial charge < -0.3 is 113 Å². The van der Waals surface area contributed by atoms with Crippen LogP contribution in [0.4, 0.5) is 56.1 Å². The first-order valence-corrected chi connectivity index (χ1v) is 36.7. The summed E-state index contributed by atoms with van der Waals surface area (Å²) in [6, 6.07) is 1.47. The van der Waals surface area contributed by atoms with Gasteiger partial charge in [0.25, 0.3) is 16.7 Å². The monoisotopic (exact) mass is 1800 g/mol. The molecule has 5 unspecified atom stereocenters. The number of nitrogen functional groups attached to an aromatic ring is 5. The van der Waals surface area contributed by atoms with E-state index in [2.05, 4.69) is 124 Å². The van der Waals surface area contributed by atoms with Gasteiger partial charge in [-0.05, 0) is 6.07 Å². The molecule has 0 amide bonds. The van der Waals surface area contributed by atoms with E-state index in [4.69, 9.17) is 123 Å². The van der Waals surface area contributed by atoms with Crippen molar-refractivity contribution in [2.24, 2.45) is 0 Å². The second-order valence-electron chi connectivity index (χ2n) is 25.9. The summed E-state index contributed by atoms with van der Waals surface area (Å²) < 4.78 is 111. The molecule has 0 saturated carbocycles. The summed E-state index contributed by atoms with van der Waals surface area (Å²) in [7, 11) is 0. The lowest BCUT2D eigenvalue weighted by Gasteiger charge is -2.25. The standard InChI is InChI=1S/C14H13ClF2N4O4.C14H14ClFN4O4.C13H13ClFN5O4.C13H13ClFN5O3S.C13H13ClFN5O3/c15-14(2-1-3-16)9(23)7(5-22)25-12(14)21-4-6(17)8-10(21)19-13(18)20-11(8)24;15-14(3-1-4-16)9(22)8(6-21)24-12(14)20-5-2-7-10(20)18-13(17)19-11(7)23;14-13(2-1-3-15)8(22)6(4-21)24-11(13)20-5-17-7-9(20)18-12(16)19-10(7)23;14-13(2-1-3-15)8(22)6(4-21)23-11(13)20-5-17-7-9(20)18-12(16)19-10(7)24;14-13(2-1-3-15)9(22)8(5-21)23-11(13)20-6-18-7-4-17-12(16)19-10(7)20/h4,7,9,12,22-23H,3,5H2,(H3,18,19,20,24);2,5,8-9,12,21-22H,4,6H2,(H3,17,18,19,23);5-6,8,11,21-22H,3-4H2,(H3,16,18,19,23);5-6,8,11,21-22H,3-4H2,(H3,16,18,19,24);4,6,8-9,11,21-22H,3,5H2,(H2,16,17,19)/t7-,9+,12-,14?;8-,9+,12-,14?;2*6-,8+,11-,13?;8-,9+,11-,13?/m11111/s1. The molecule has 0 spiro atoms. The largest absolute Gasteiger partial charge is 0.394 e. The number of nitrogens with zero attached hydrogens (tertiary/aromatic N) is 14. The fraction of sp³-hybridized carbons (Fsp3) is 0.448. The zero-order valence-corrected chi connectivity index (χ0v) is 65.3. The molecule has 0 aromatic carbocycles. The summed E-state index contributed by atoms with van der Waals surface area (Å²) >= 11 is 37.1. The van der Waals surface area contributed by atoms with Crippen molar-refractivity contribution >= 4 is 156 Å². The number of anilines is 5. The third-order valence-electron chi connectivity index (χ3n) is 18.6. The van der Waals surface area contributed by atoms with Crippen LogP contribution in [0.15, 0.2) is 58.0 Å². The second-order valence-corrected chi connectivity index (χ2v) is 29.4.